The molecule has 30 heavy (non-hydrogen) atoms. The number of carbonyl (C=O) groups is 1. The first-order chi connectivity index (χ1) is 14.3. The van der Waals surface area contributed by atoms with Crippen molar-refractivity contribution in [1.82, 2.24) is 10.3 Å². The smallest absolute Gasteiger partial charge is 0.255 e. The lowest BCUT2D eigenvalue weighted by molar-refractivity contribution is 0.0928. The molecule has 2 aliphatic rings. The molecule has 0 bridgehead atoms. The summed E-state index contributed by atoms with van der Waals surface area (Å²) < 4.78 is 27.9. The second-order valence-electron chi connectivity index (χ2n) is 8.88. The molecule has 0 radical (unpaired) electrons. The topological polar surface area (TPSA) is 71.2 Å². The Bertz CT molecular complexity index is 921. The van der Waals surface area contributed by atoms with Gasteiger partial charge in [-0.15, -0.1) is 0 Å². The summed E-state index contributed by atoms with van der Waals surface area (Å²) >= 11 is 0. The Morgan fingerprint density at radius 3 is 2.50 bits per heavy atom. The molecule has 1 amide bonds. The number of nitrogens with zero attached hydrogens (tertiary/aromatic N) is 2. The Morgan fingerprint density at radius 1 is 1.17 bits per heavy atom. The lowest BCUT2D eigenvalue weighted by atomic mass is 9.95. The second-order valence-corrected chi connectivity index (χ2v) is 8.88. The molecular formula is C23H28F2N4O. The Morgan fingerprint density at radius 2 is 1.87 bits per heavy atom. The largest absolute Gasteiger partial charge is 0.368 e. The van der Waals surface area contributed by atoms with Gasteiger partial charge in [0.15, 0.2) is 0 Å². The first-order valence-corrected chi connectivity index (χ1v) is 10.6. The average molecular weight is 415 g/mol. The van der Waals surface area contributed by atoms with Crippen LogP contribution in [0.15, 0.2) is 30.6 Å². The van der Waals surface area contributed by atoms with Gasteiger partial charge in [-0.3, -0.25) is 9.78 Å². The third-order valence-electron chi connectivity index (χ3n) is 6.10. The predicted molar refractivity (Wildman–Crippen MR) is 113 cm³/mol. The molecule has 0 spiro atoms. The summed E-state index contributed by atoms with van der Waals surface area (Å²) in [5.41, 5.74) is 7.88. The molecule has 1 aliphatic carbocycles. The third-order valence-corrected chi connectivity index (χ3v) is 6.10. The Balaban J connectivity index is 1.76. The van der Waals surface area contributed by atoms with Gasteiger partial charge in [0, 0.05) is 48.7 Å². The number of hydrogen-bond donors (Lipinski definition) is 2. The van der Waals surface area contributed by atoms with Crippen molar-refractivity contribution in [3.63, 3.8) is 0 Å². The van der Waals surface area contributed by atoms with Crippen molar-refractivity contribution in [2.45, 2.75) is 57.0 Å². The molecule has 1 saturated carbocycles. The molecule has 3 N–H and O–H groups in total. The van der Waals surface area contributed by atoms with E-state index in [0.29, 0.717) is 35.5 Å². The molecular weight excluding hydrogens is 386 g/mol. The monoisotopic (exact) mass is 414 g/mol. The maximum atomic E-state index is 13.9. The Hall–Kier alpha value is -2.54. The third kappa shape index (κ3) is 4.46. The van der Waals surface area contributed by atoms with E-state index < -0.39 is 17.2 Å². The van der Waals surface area contributed by atoms with Gasteiger partial charge in [0.05, 0.1) is 11.3 Å². The van der Waals surface area contributed by atoms with Gasteiger partial charge in [-0.25, -0.2) is 8.78 Å². The van der Waals surface area contributed by atoms with Gasteiger partial charge in [-0.2, -0.15) is 0 Å². The van der Waals surface area contributed by atoms with Crippen LogP contribution >= 0.6 is 0 Å². The van der Waals surface area contributed by atoms with Crippen LogP contribution in [0, 0.1) is 11.6 Å². The van der Waals surface area contributed by atoms with E-state index in [9.17, 15) is 13.6 Å². The van der Waals surface area contributed by atoms with Crippen LogP contribution in [0.3, 0.4) is 0 Å². The Kier molecular flexibility index (Phi) is 5.73. The molecule has 2 aromatic rings. The van der Waals surface area contributed by atoms with Crippen molar-refractivity contribution in [3.05, 3.63) is 47.8 Å². The van der Waals surface area contributed by atoms with Crippen molar-refractivity contribution in [3.8, 4) is 11.1 Å². The second kappa shape index (κ2) is 8.30. The quantitative estimate of drug-likeness (QED) is 0.793. The number of hydrogen-bond acceptors (Lipinski definition) is 4. The fourth-order valence-corrected chi connectivity index (χ4v) is 4.57. The van der Waals surface area contributed by atoms with Gasteiger partial charge < -0.3 is 16.0 Å². The molecule has 1 aromatic heterocycles. The average Bonchev–Trinajstić information content (AvgIpc) is 3.07. The van der Waals surface area contributed by atoms with Gasteiger partial charge in [0.2, 0.25) is 0 Å². The number of benzene rings is 1. The fourth-order valence-electron chi connectivity index (χ4n) is 4.57. The van der Waals surface area contributed by atoms with Gasteiger partial charge in [-0.1, -0.05) is 19.3 Å². The maximum absolute atomic E-state index is 13.9. The molecule has 7 heteroatoms. The number of halogens is 2. The molecule has 160 valence electrons. The zero-order valence-corrected chi connectivity index (χ0v) is 17.3. The number of rotatable bonds is 4. The minimum Gasteiger partial charge on any atom is -0.368 e. The summed E-state index contributed by atoms with van der Waals surface area (Å²) in [7, 11) is 0. The van der Waals surface area contributed by atoms with E-state index in [1.165, 1.54) is 18.6 Å². The number of nitrogens with one attached hydrogen (secondary N) is 1. The van der Waals surface area contributed by atoms with Crippen LogP contribution in [0.2, 0.25) is 0 Å². The number of amides is 1. The van der Waals surface area contributed by atoms with Crippen molar-refractivity contribution < 1.29 is 13.6 Å². The number of nitrogens with two attached hydrogens (primary N) is 1. The normalized spacial score (nSPS) is 22.3. The van der Waals surface area contributed by atoms with E-state index in [0.717, 1.165) is 38.2 Å². The van der Waals surface area contributed by atoms with E-state index >= 15 is 0 Å². The van der Waals surface area contributed by atoms with Crippen LogP contribution in [0.4, 0.5) is 14.5 Å². The lowest BCUT2D eigenvalue weighted by Gasteiger charge is -2.28. The number of aromatic nitrogens is 1. The van der Waals surface area contributed by atoms with E-state index in [2.05, 4.69) is 10.3 Å². The van der Waals surface area contributed by atoms with Gasteiger partial charge in [0.25, 0.3) is 5.91 Å². The van der Waals surface area contributed by atoms with Crippen molar-refractivity contribution in [2.75, 3.05) is 18.0 Å². The maximum Gasteiger partial charge on any atom is 0.255 e. The van der Waals surface area contributed by atoms with E-state index in [1.807, 2.05) is 11.8 Å². The van der Waals surface area contributed by atoms with Crippen LogP contribution < -0.4 is 16.0 Å². The highest BCUT2D eigenvalue weighted by atomic mass is 19.1. The summed E-state index contributed by atoms with van der Waals surface area (Å²) in [6.45, 7) is 3.18. The first-order valence-electron chi connectivity index (χ1n) is 10.6. The Labute approximate surface area is 175 Å². The van der Waals surface area contributed by atoms with Crippen LogP contribution in [-0.4, -0.2) is 35.6 Å². The zero-order chi connectivity index (χ0) is 21.3. The molecule has 2 heterocycles. The highest BCUT2D eigenvalue weighted by molar-refractivity contribution is 6.03. The van der Waals surface area contributed by atoms with Gasteiger partial charge >= 0.3 is 0 Å². The molecule has 4 rings (SSSR count). The molecule has 1 aromatic carbocycles. The van der Waals surface area contributed by atoms with Crippen LogP contribution in [0.25, 0.3) is 11.1 Å². The van der Waals surface area contributed by atoms with E-state index in [4.69, 9.17) is 5.73 Å². The molecule has 2 fully saturated rings. The minimum absolute atomic E-state index is 0.146. The lowest BCUT2D eigenvalue weighted by Crippen LogP contribution is -2.40. The van der Waals surface area contributed by atoms with Crippen LogP contribution in [0.1, 0.15) is 55.8 Å². The predicted octanol–water partition coefficient (Wildman–Crippen LogP) is 4.02. The number of carbonyl (C=O) groups excluding carboxylic acids is 1. The zero-order valence-electron chi connectivity index (χ0n) is 17.3. The summed E-state index contributed by atoms with van der Waals surface area (Å²) in [4.78, 5) is 19.5. The summed E-state index contributed by atoms with van der Waals surface area (Å²) in [5, 5.41) is 3.14. The van der Waals surface area contributed by atoms with Crippen molar-refractivity contribution in [2.24, 2.45) is 5.73 Å². The standard InChI is InChI=1S/C23H28F2N4O/c1-23(26)7-8-29(14-23)21-19(15-9-16(24)11-17(25)10-15)12-27-13-20(21)22(30)28-18-5-3-2-4-6-18/h9-13,18H,2-8,14,26H2,1H3,(H,28,30)/t23-/m0/s1. The summed E-state index contributed by atoms with van der Waals surface area (Å²) in [6, 6.07) is 3.52. The first kappa shape index (κ1) is 20.7. The molecule has 5 nitrogen and oxygen atoms in total. The molecule has 1 atom stereocenters. The van der Waals surface area contributed by atoms with Crippen LogP contribution in [0.5, 0.6) is 0 Å². The molecule has 1 saturated heterocycles. The van der Waals surface area contributed by atoms with E-state index in [1.54, 1.807) is 12.4 Å². The summed E-state index contributed by atoms with van der Waals surface area (Å²) in [6.07, 6.45) is 9.21. The van der Waals surface area contributed by atoms with Crippen molar-refractivity contribution >= 4 is 11.6 Å². The van der Waals surface area contributed by atoms with Gasteiger partial charge in [0.1, 0.15) is 11.6 Å². The SMILES string of the molecule is C[C@]1(N)CCN(c2c(C(=O)NC3CCCCC3)cncc2-c2cc(F)cc(F)c2)C1. The number of anilines is 1. The minimum atomic E-state index is -0.668. The molecule has 0 unspecified atom stereocenters. The summed E-state index contributed by atoms with van der Waals surface area (Å²) in [5.74, 6) is -1.54. The fraction of sp³-hybridized carbons (Fsp3) is 0.478. The van der Waals surface area contributed by atoms with Gasteiger partial charge in [-0.05, 0) is 43.9 Å². The van der Waals surface area contributed by atoms with Crippen LogP contribution in [-0.2, 0) is 0 Å². The highest BCUT2D eigenvalue weighted by Gasteiger charge is 2.34. The van der Waals surface area contributed by atoms with E-state index in [-0.39, 0.29) is 11.9 Å². The highest BCUT2D eigenvalue weighted by Crippen LogP contribution is 2.37. The number of pyridine rings is 1. The molecule has 1 aliphatic heterocycles. The van der Waals surface area contributed by atoms with Crippen molar-refractivity contribution in [1.29, 1.82) is 0 Å².